The Labute approximate surface area is 97.2 Å². The molecule has 1 N–H and O–H groups in total. The Morgan fingerprint density at radius 3 is 2.73 bits per heavy atom. The number of pyridine rings is 1. The molecular formula is C10H13BrN2O2. The number of nitrogens with zero attached hydrogens (tertiary/aromatic N) is 1. The van der Waals surface area contributed by atoms with Crippen molar-refractivity contribution in [2.45, 2.75) is 26.3 Å². The molecule has 1 aromatic rings. The first-order valence-electron chi connectivity index (χ1n) is 4.48. The first-order chi connectivity index (χ1) is 6.87. The first-order valence-corrected chi connectivity index (χ1v) is 5.28. The standard InChI is InChI=1S/C10H13BrN2O2/c1-10(2,3)13-9(14)15-8-6-7(11)4-5-12-8/h4-6H,1-3H3,(H,13,14). The number of amides is 1. The second-order valence-electron chi connectivity index (χ2n) is 4.08. The van der Waals surface area contributed by atoms with Crippen LogP contribution in [0.1, 0.15) is 20.8 Å². The second kappa shape index (κ2) is 4.61. The summed E-state index contributed by atoms with van der Waals surface area (Å²) in [5.41, 5.74) is -0.316. The Balaban J connectivity index is 2.59. The van der Waals surface area contributed by atoms with Gasteiger partial charge in [-0.05, 0) is 26.8 Å². The lowest BCUT2D eigenvalue weighted by Gasteiger charge is -2.19. The van der Waals surface area contributed by atoms with Gasteiger partial charge in [0.05, 0.1) is 0 Å². The maximum atomic E-state index is 11.4. The SMILES string of the molecule is CC(C)(C)NC(=O)Oc1cc(Br)ccn1. The molecule has 0 radical (unpaired) electrons. The third kappa shape index (κ3) is 4.78. The fraction of sp³-hybridized carbons (Fsp3) is 0.400. The molecule has 0 aliphatic rings. The van der Waals surface area contributed by atoms with Crippen LogP contribution in [0, 0.1) is 0 Å². The van der Waals surface area contributed by atoms with Gasteiger partial charge in [-0.25, -0.2) is 9.78 Å². The summed E-state index contributed by atoms with van der Waals surface area (Å²) >= 11 is 3.26. The van der Waals surface area contributed by atoms with E-state index in [9.17, 15) is 4.79 Å². The zero-order valence-electron chi connectivity index (χ0n) is 8.87. The molecule has 0 saturated heterocycles. The monoisotopic (exact) mass is 272 g/mol. The fourth-order valence-electron chi connectivity index (χ4n) is 0.868. The number of carbonyl (C=O) groups excluding carboxylic acids is 1. The van der Waals surface area contributed by atoms with Crippen LogP contribution in [-0.4, -0.2) is 16.6 Å². The summed E-state index contributed by atoms with van der Waals surface area (Å²) in [6, 6.07) is 3.39. The summed E-state index contributed by atoms with van der Waals surface area (Å²) in [6.45, 7) is 5.63. The molecule has 4 nitrogen and oxygen atoms in total. The fourth-order valence-corrected chi connectivity index (χ4v) is 1.18. The largest absolute Gasteiger partial charge is 0.414 e. The van der Waals surface area contributed by atoms with Gasteiger partial charge in [-0.15, -0.1) is 0 Å². The van der Waals surface area contributed by atoms with Crippen LogP contribution in [0.3, 0.4) is 0 Å². The molecule has 0 atom stereocenters. The molecule has 0 unspecified atom stereocenters. The molecule has 0 aromatic carbocycles. The summed E-state index contributed by atoms with van der Waals surface area (Å²) in [5, 5.41) is 2.67. The minimum atomic E-state index is -0.506. The van der Waals surface area contributed by atoms with Crippen LogP contribution in [0.15, 0.2) is 22.8 Å². The third-order valence-corrected chi connectivity index (χ3v) is 1.86. The first kappa shape index (κ1) is 12.0. The van der Waals surface area contributed by atoms with E-state index in [2.05, 4.69) is 26.2 Å². The molecule has 5 heteroatoms. The van der Waals surface area contributed by atoms with Crippen molar-refractivity contribution in [2.24, 2.45) is 0 Å². The summed E-state index contributed by atoms with van der Waals surface area (Å²) in [6.07, 6.45) is 1.05. The highest BCUT2D eigenvalue weighted by molar-refractivity contribution is 9.10. The highest BCUT2D eigenvalue weighted by Gasteiger charge is 2.15. The van der Waals surface area contributed by atoms with Crippen LogP contribution in [0.4, 0.5) is 4.79 Å². The Bertz CT molecular complexity index is 361. The van der Waals surface area contributed by atoms with E-state index in [0.717, 1.165) is 4.47 Å². The number of hydrogen-bond acceptors (Lipinski definition) is 3. The van der Waals surface area contributed by atoms with Crippen molar-refractivity contribution in [3.8, 4) is 5.88 Å². The molecule has 1 heterocycles. The van der Waals surface area contributed by atoms with Gasteiger partial charge in [0.25, 0.3) is 0 Å². The van der Waals surface area contributed by atoms with Crippen LogP contribution in [-0.2, 0) is 0 Å². The van der Waals surface area contributed by atoms with E-state index in [4.69, 9.17) is 4.74 Å². The molecule has 0 fully saturated rings. The van der Waals surface area contributed by atoms with Crippen molar-refractivity contribution >= 4 is 22.0 Å². The van der Waals surface area contributed by atoms with Crippen LogP contribution in [0.5, 0.6) is 5.88 Å². The topological polar surface area (TPSA) is 51.2 Å². The lowest BCUT2D eigenvalue weighted by molar-refractivity contribution is 0.189. The van der Waals surface area contributed by atoms with Gasteiger partial charge in [0.2, 0.25) is 5.88 Å². The van der Waals surface area contributed by atoms with E-state index in [1.165, 1.54) is 0 Å². The predicted octanol–water partition coefficient (Wildman–Crippen LogP) is 2.73. The number of rotatable bonds is 1. The van der Waals surface area contributed by atoms with Gasteiger partial charge in [-0.3, -0.25) is 0 Å². The molecule has 0 saturated carbocycles. The van der Waals surface area contributed by atoms with Crippen LogP contribution < -0.4 is 10.1 Å². The highest BCUT2D eigenvalue weighted by Crippen LogP contribution is 2.14. The van der Waals surface area contributed by atoms with E-state index in [1.54, 1.807) is 18.3 Å². The van der Waals surface area contributed by atoms with E-state index in [1.807, 2.05) is 20.8 Å². The normalized spacial score (nSPS) is 10.9. The number of nitrogens with one attached hydrogen (secondary N) is 1. The van der Waals surface area contributed by atoms with Crippen LogP contribution >= 0.6 is 15.9 Å². The summed E-state index contributed by atoms with van der Waals surface area (Å²) < 4.78 is 5.80. The van der Waals surface area contributed by atoms with Crippen molar-refractivity contribution in [2.75, 3.05) is 0 Å². The van der Waals surface area contributed by atoms with Crippen molar-refractivity contribution < 1.29 is 9.53 Å². The molecule has 0 aliphatic heterocycles. The molecule has 0 bridgehead atoms. The number of aromatic nitrogens is 1. The van der Waals surface area contributed by atoms with Crippen molar-refractivity contribution in [3.05, 3.63) is 22.8 Å². The van der Waals surface area contributed by atoms with E-state index >= 15 is 0 Å². The molecule has 0 spiro atoms. The molecule has 15 heavy (non-hydrogen) atoms. The van der Waals surface area contributed by atoms with Gasteiger partial charge in [0.1, 0.15) is 0 Å². The summed E-state index contributed by atoms with van der Waals surface area (Å²) in [7, 11) is 0. The second-order valence-corrected chi connectivity index (χ2v) is 4.99. The number of ether oxygens (including phenoxy) is 1. The van der Waals surface area contributed by atoms with E-state index < -0.39 is 6.09 Å². The lowest BCUT2D eigenvalue weighted by atomic mass is 10.1. The summed E-state index contributed by atoms with van der Waals surface area (Å²) in [4.78, 5) is 15.2. The number of halogens is 1. The average molecular weight is 273 g/mol. The zero-order valence-corrected chi connectivity index (χ0v) is 10.5. The van der Waals surface area contributed by atoms with Gasteiger partial charge >= 0.3 is 6.09 Å². The quantitative estimate of drug-likeness (QED) is 0.855. The number of carbonyl (C=O) groups is 1. The van der Waals surface area contributed by atoms with Crippen molar-refractivity contribution in [3.63, 3.8) is 0 Å². The molecule has 82 valence electrons. The molecular weight excluding hydrogens is 260 g/mol. The van der Waals surface area contributed by atoms with Crippen molar-refractivity contribution in [1.29, 1.82) is 0 Å². The van der Waals surface area contributed by atoms with Gasteiger partial charge < -0.3 is 10.1 Å². The molecule has 1 rings (SSSR count). The van der Waals surface area contributed by atoms with Gasteiger partial charge in [0.15, 0.2) is 0 Å². The lowest BCUT2D eigenvalue weighted by Crippen LogP contribution is -2.42. The highest BCUT2D eigenvalue weighted by atomic mass is 79.9. The zero-order chi connectivity index (χ0) is 11.5. The Morgan fingerprint density at radius 2 is 2.20 bits per heavy atom. The van der Waals surface area contributed by atoms with Gasteiger partial charge in [-0.2, -0.15) is 0 Å². The average Bonchev–Trinajstić information content (AvgIpc) is 1.99. The minimum Gasteiger partial charge on any atom is -0.391 e. The predicted molar refractivity (Wildman–Crippen MR) is 60.8 cm³/mol. The molecule has 0 aliphatic carbocycles. The molecule has 1 amide bonds. The van der Waals surface area contributed by atoms with Crippen LogP contribution in [0.2, 0.25) is 0 Å². The smallest absolute Gasteiger partial charge is 0.391 e. The van der Waals surface area contributed by atoms with Crippen molar-refractivity contribution in [1.82, 2.24) is 10.3 Å². The van der Waals surface area contributed by atoms with Crippen LogP contribution in [0.25, 0.3) is 0 Å². The Morgan fingerprint density at radius 1 is 1.53 bits per heavy atom. The van der Waals surface area contributed by atoms with E-state index in [0.29, 0.717) is 0 Å². The van der Waals surface area contributed by atoms with Gasteiger partial charge in [0, 0.05) is 22.3 Å². The maximum Gasteiger partial charge on any atom is 0.414 e. The third-order valence-electron chi connectivity index (χ3n) is 1.37. The van der Waals surface area contributed by atoms with Gasteiger partial charge in [-0.1, -0.05) is 15.9 Å². The summed E-state index contributed by atoms with van der Waals surface area (Å²) in [5.74, 6) is 0.270. The Hall–Kier alpha value is -1.10. The minimum absolute atomic E-state index is 0.270. The molecule has 1 aromatic heterocycles. The van der Waals surface area contributed by atoms with E-state index in [-0.39, 0.29) is 11.4 Å². The number of hydrogen-bond donors (Lipinski definition) is 1. The maximum absolute atomic E-state index is 11.4. The Kier molecular flexibility index (Phi) is 3.68.